The van der Waals surface area contributed by atoms with Gasteiger partial charge in [-0.2, -0.15) is 0 Å². The van der Waals surface area contributed by atoms with E-state index in [4.69, 9.17) is 14.2 Å². The first-order chi connectivity index (χ1) is 21.5. The van der Waals surface area contributed by atoms with Crippen molar-refractivity contribution in [3.05, 3.63) is 77.4 Å². The Morgan fingerprint density at radius 2 is 1.50 bits per heavy atom. The molecule has 6 rings (SSSR count). The molecule has 3 aromatic rings. The van der Waals surface area contributed by atoms with E-state index in [0.717, 1.165) is 36.5 Å². The minimum absolute atomic E-state index is 0.0555. The van der Waals surface area contributed by atoms with Crippen LogP contribution in [-0.2, 0) is 11.2 Å². The summed E-state index contributed by atoms with van der Waals surface area (Å²) >= 11 is 0. The topological polar surface area (TPSA) is 113 Å². The summed E-state index contributed by atoms with van der Waals surface area (Å²) in [4.78, 5) is 45.9. The summed E-state index contributed by atoms with van der Waals surface area (Å²) in [6.07, 6.45) is 0.925. The molecule has 0 aliphatic carbocycles. The minimum Gasteiger partial charge on any atom is -0.497 e. The van der Waals surface area contributed by atoms with Crippen LogP contribution < -0.4 is 29.7 Å². The molecular weight excluding hydrogens is 562 g/mol. The lowest BCUT2D eigenvalue weighted by Gasteiger charge is -2.29. The number of ether oxygens (including phenoxy) is 3. The summed E-state index contributed by atoms with van der Waals surface area (Å²) in [5, 5.41) is 6.36. The number of carbonyl (C=O) groups is 3. The van der Waals surface area contributed by atoms with E-state index >= 15 is 0 Å². The lowest BCUT2D eigenvalue weighted by atomic mass is 10.1. The fourth-order valence-corrected chi connectivity index (χ4v) is 5.79. The van der Waals surface area contributed by atoms with Gasteiger partial charge in [0.15, 0.2) is 11.5 Å². The molecule has 2 fully saturated rings. The highest BCUT2D eigenvalue weighted by atomic mass is 16.7. The quantitative estimate of drug-likeness (QED) is 0.427. The Labute approximate surface area is 256 Å². The lowest BCUT2D eigenvalue weighted by molar-refractivity contribution is -0.115. The van der Waals surface area contributed by atoms with E-state index < -0.39 is 0 Å². The van der Waals surface area contributed by atoms with E-state index in [1.54, 1.807) is 31.4 Å². The Morgan fingerprint density at radius 1 is 0.795 bits per heavy atom. The second kappa shape index (κ2) is 13.3. The van der Waals surface area contributed by atoms with Gasteiger partial charge in [0.2, 0.25) is 12.7 Å². The van der Waals surface area contributed by atoms with Crippen LogP contribution in [0.5, 0.6) is 17.2 Å². The van der Waals surface area contributed by atoms with Gasteiger partial charge in [-0.3, -0.25) is 14.4 Å². The molecule has 0 unspecified atom stereocenters. The predicted molar refractivity (Wildman–Crippen MR) is 166 cm³/mol. The normalized spacial score (nSPS) is 16.3. The Kier molecular flexibility index (Phi) is 8.83. The number of amides is 3. The van der Waals surface area contributed by atoms with Crippen LogP contribution in [0.4, 0.5) is 11.4 Å². The molecule has 3 aliphatic heterocycles. The van der Waals surface area contributed by atoms with E-state index in [9.17, 15) is 14.4 Å². The summed E-state index contributed by atoms with van der Waals surface area (Å²) in [6.45, 7) is 5.31. The van der Waals surface area contributed by atoms with E-state index in [2.05, 4.69) is 15.5 Å². The largest absolute Gasteiger partial charge is 0.497 e. The van der Waals surface area contributed by atoms with Crippen molar-refractivity contribution in [1.29, 1.82) is 0 Å². The van der Waals surface area contributed by atoms with Crippen LogP contribution in [0.3, 0.4) is 0 Å². The average molecular weight is 600 g/mol. The standard InChI is InChI=1S/C33H37N5O6/c1-42-26-7-3-23(4-8-26)19-31(39)35-27-20-24(32(40)38-15-11-34-12-16-38)5-9-28(27)36-13-2-14-37(18-17-36)33(41)25-6-10-29-30(21-25)44-22-43-29/h3-10,20-21,34H,2,11-19,22H2,1H3,(H,35,39). The summed E-state index contributed by atoms with van der Waals surface area (Å²) in [5.41, 5.74) is 3.35. The molecule has 0 saturated carbocycles. The van der Waals surface area contributed by atoms with Crippen LogP contribution in [0.1, 0.15) is 32.7 Å². The first-order valence-electron chi connectivity index (χ1n) is 15.0. The molecule has 2 saturated heterocycles. The number of benzene rings is 3. The molecule has 0 radical (unpaired) electrons. The molecule has 3 heterocycles. The van der Waals surface area contributed by atoms with Gasteiger partial charge in [0.25, 0.3) is 11.8 Å². The molecule has 11 nitrogen and oxygen atoms in total. The second-order valence-electron chi connectivity index (χ2n) is 11.0. The number of nitrogens with zero attached hydrogens (tertiary/aromatic N) is 3. The number of anilines is 2. The molecule has 44 heavy (non-hydrogen) atoms. The molecule has 11 heteroatoms. The van der Waals surface area contributed by atoms with Crippen molar-refractivity contribution in [2.45, 2.75) is 12.8 Å². The third-order valence-electron chi connectivity index (χ3n) is 8.19. The number of hydrogen-bond acceptors (Lipinski definition) is 8. The van der Waals surface area contributed by atoms with Gasteiger partial charge in [-0.05, 0) is 60.5 Å². The Balaban J connectivity index is 1.20. The van der Waals surface area contributed by atoms with Gasteiger partial charge in [0.1, 0.15) is 5.75 Å². The zero-order chi connectivity index (χ0) is 30.5. The first kappa shape index (κ1) is 29.3. The molecule has 3 amide bonds. The second-order valence-corrected chi connectivity index (χ2v) is 11.0. The summed E-state index contributed by atoms with van der Waals surface area (Å²) < 4.78 is 16.1. The number of methoxy groups -OCH3 is 1. The van der Waals surface area contributed by atoms with Gasteiger partial charge in [-0.1, -0.05) is 12.1 Å². The smallest absolute Gasteiger partial charge is 0.254 e. The molecule has 0 spiro atoms. The average Bonchev–Trinajstić information content (AvgIpc) is 3.40. The maximum atomic E-state index is 13.4. The van der Waals surface area contributed by atoms with Gasteiger partial charge in [-0.15, -0.1) is 0 Å². The third-order valence-corrected chi connectivity index (χ3v) is 8.19. The van der Waals surface area contributed by atoms with Crippen molar-refractivity contribution >= 4 is 29.1 Å². The van der Waals surface area contributed by atoms with Crippen LogP contribution in [0, 0.1) is 0 Å². The SMILES string of the molecule is COc1ccc(CC(=O)Nc2cc(C(=O)N3CCNCC3)ccc2N2CCCN(C(=O)c3ccc4c(c3)OCO4)CC2)cc1. The Bertz CT molecular complexity index is 1520. The highest BCUT2D eigenvalue weighted by Gasteiger charge is 2.25. The fourth-order valence-electron chi connectivity index (χ4n) is 5.79. The summed E-state index contributed by atoms with van der Waals surface area (Å²) in [7, 11) is 1.60. The van der Waals surface area contributed by atoms with Crippen molar-refractivity contribution in [3.8, 4) is 17.2 Å². The molecule has 0 aromatic heterocycles. The predicted octanol–water partition coefficient (Wildman–Crippen LogP) is 3.00. The van der Waals surface area contributed by atoms with Crippen molar-refractivity contribution in [2.75, 3.05) is 76.5 Å². The Hall–Kier alpha value is -4.77. The number of hydrogen-bond donors (Lipinski definition) is 2. The maximum absolute atomic E-state index is 13.4. The molecule has 230 valence electrons. The molecule has 3 aromatic carbocycles. The first-order valence-corrected chi connectivity index (χ1v) is 15.0. The maximum Gasteiger partial charge on any atom is 0.254 e. The Morgan fingerprint density at radius 3 is 2.27 bits per heavy atom. The zero-order valence-corrected chi connectivity index (χ0v) is 24.8. The van der Waals surface area contributed by atoms with Gasteiger partial charge < -0.3 is 39.5 Å². The highest BCUT2D eigenvalue weighted by molar-refractivity contribution is 6.00. The van der Waals surface area contributed by atoms with E-state index in [-0.39, 0.29) is 30.9 Å². The van der Waals surface area contributed by atoms with Gasteiger partial charge in [0, 0.05) is 63.5 Å². The van der Waals surface area contributed by atoms with E-state index in [1.807, 2.05) is 46.2 Å². The van der Waals surface area contributed by atoms with Crippen LogP contribution in [0.25, 0.3) is 0 Å². The number of piperazine rings is 1. The summed E-state index contributed by atoms with van der Waals surface area (Å²) in [6, 6.07) is 18.2. The zero-order valence-electron chi connectivity index (χ0n) is 24.8. The van der Waals surface area contributed by atoms with Crippen LogP contribution in [0.15, 0.2) is 60.7 Å². The minimum atomic E-state index is -0.183. The van der Waals surface area contributed by atoms with Crippen molar-refractivity contribution in [3.63, 3.8) is 0 Å². The highest BCUT2D eigenvalue weighted by Crippen LogP contribution is 2.33. The number of fused-ring (bicyclic) bond motifs is 1. The molecule has 2 N–H and O–H groups in total. The van der Waals surface area contributed by atoms with E-state index in [0.29, 0.717) is 67.6 Å². The van der Waals surface area contributed by atoms with Gasteiger partial charge in [0.05, 0.1) is 24.9 Å². The molecular formula is C33H37N5O6. The van der Waals surface area contributed by atoms with Crippen LogP contribution >= 0.6 is 0 Å². The summed E-state index contributed by atoms with van der Waals surface area (Å²) in [5.74, 6) is 1.65. The van der Waals surface area contributed by atoms with Crippen molar-refractivity contribution in [2.24, 2.45) is 0 Å². The monoisotopic (exact) mass is 599 g/mol. The van der Waals surface area contributed by atoms with Crippen LogP contribution in [-0.4, -0.2) is 93.8 Å². The van der Waals surface area contributed by atoms with E-state index in [1.165, 1.54) is 0 Å². The van der Waals surface area contributed by atoms with Gasteiger partial charge in [-0.25, -0.2) is 0 Å². The van der Waals surface area contributed by atoms with Gasteiger partial charge >= 0.3 is 0 Å². The molecule has 3 aliphatic rings. The van der Waals surface area contributed by atoms with Crippen molar-refractivity contribution in [1.82, 2.24) is 15.1 Å². The molecule has 0 atom stereocenters. The fraction of sp³-hybridized carbons (Fsp3) is 0.364. The van der Waals surface area contributed by atoms with Crippen molar-refractivity contribution < 1.29 is 28.6 Å². The number of nitrogens with one attached hydrogen (secondary N) is 2. The lowest BCUT2D eigenvalue weighted by Crippen LogP contribution is -2.46. The van der Waals surface area contributed by atoms with Crippen LogP contribution in [0.2, 0.25) is 0 Å². The third kappa shape index (κ3) is 6.57. The molecule has 0 bridgehead atoms. The number of rotatable bonds is 7. The number of carbonyl (C=O) groups excluding carboxylic acids is 3.